The normalized spacial score (nSPS) is 15.7. The van der Waals surface area contributed by atoms with E-state index in [9.17, 15) is 9.59 Å². The average Bonchev–Trinajstić information content (AvgIpc) is 3.20. The molecule has 1 saturated heterocycles. The summed E-state index contributed by atoms with van der Waals surface area (Å²) in [5.74, 6) is -0.178. The summed E-state index contributed by atoms with van der Waals surface area (Å²) in [5, 5.41) is 2.83. The van der Waals surface area contributed by atoms with E-state index in [0.717, 1.165) is 13.1 Å². The van der Waals surface area contributed by atoms with E-state index in [1.165, 1.54) is 17.5 Å². The fourth-order valence-corrected chi connectivity index (χ4v) is 3.34. The smallest absolute Gasteiger partial charge is 0.287 e. The van der Waals surface area contributed by atoms with Crippen LogP contribution in [0.5, 0.6) is 0 Å². The molecule has 2 heterocycles. The van der Waals surface area contributed by atoms with Crippen LogP contribution in [0.25, 0.3) is 0 Å². The zero-order valence-electron chi connectivity index (χ0n) is 16.1. The van der Waals surface area contributed by atoms with Crippen LogP contribution in [-0.2, 0) is 4.79 Å². The van der Waals surface area contributed by atoms with Crippen molar-refractivity contribution in [3.63, 3.8) is 0 Å². The number of carbonyl (C=O) groups excluding carboxylic acids is 2. The molecule has 0 spiro atoms. The van der Waals surface area contributed by atoms with Gasteiger partial charge in [0.2, 0.25) is 5.91 Å². The molecular weight excluding hydrogens is 342 g/mol. The van der Waals surface area contributed by atoms with Gasteiger partial charge in [0.05, 0.1) is 6.26 Å². The predicted octanol–water partition coefficient (Wildman–Crippen LogP) is 2.69. The van der Waals surface area contributed by atoms with Crippen LogP contribution >= 0.6 is 0 Å². The molecule has 0 bridgehead atoms. The zero-order valence-corrected chi connectivity index (χ0v) is 16.1. The van der Waals surface area contributed by atoms with Crippen LogP contribution in [0, 0.1) is 12.8 Å². The quantitative estimate of drug-likeness (QED) is 0.880. The molecule has 1 aliphatic rings. The Balaban J connectivity index is 1.61. The number of aryl methyl sites for hydroxylation is 1. The van der Waals surface area contributed by atoms with Gasteiger partial charge in [-0.05, 0) is 42.7 Å². The zero-order chi connectivity index (χ0) is 19.4. The number of hydrogen-bond acceptors (Lipinski definition) is 4. The van der Waals surface area contributed by atoms with Gasteiger partial charge in [-0.2, -0.15) is 0 Å². The van der Waals surface area contributed by atoms with Gasteiger partial charge in [-0.1, -0.05) is 26.0 Å². The Morgan fingerprint density at radius 3 is 2.41 bits per heavy atom. The van der Waals surface area contributed by atoms with Gasteiger partial charge in [-0.3, -0.25) is 9.59 Å². The fraction of sp³-hybridized carbons (Fsp3) is 0.429. The number of amides is 2. The topological polar surface area (TPSA) is 65.8 Å². The first-order valence-corrected chi connectivity index (χ1v) is 9.40. The monoisotopic (exact) mass is 369 g/mol. The van der Waals surface area contributed by atoms with Crippen LogP contribution in [0.15, 0.2) is 47.1 Å². The second-order valence-electron chi connectivity index (χ2n) is 7.32. The molecule has 1 aliphatic heterocycles. The van der Waals surface area contributed by atoms with E-state index in [0.29, 0.717) is 13.1 Å². The minimum atomic E-state index is -0.562. The van der Waals surface area contributed by atoms with Crippen molar-refractivity contribution < 1.29 is 14.0 Å². The number of anilines is 1. The van der Waals surface area contributed by atoms with Crippen LogP contribution in [0.3, 0.4) is 0 Å². The van der Waals surface area contributed by atoms with Crippen molar-refractivity contribution in [3.8, 4) is 0 Å². The molecule has 0 aliphatic carbocycles. The Hall–Kier alpha value is -2.76. The summed E-state index contributed by atoms with van der Waals surface area (Å²) in [5.41, 5.74) is 2.42. The number of nitrogens with zero attached hydrogens (tertiary/aromatic N) is 2. The van der Waals surface area contributed by atoms with Gasteiger partial charge in [0.25, 0.3) is 5.91 Å². The molecule has 144 valence electrons. The van der Waals surface area contributed by atoms with E-state index in [2.05, 4.69) is 41.4 Å². The lowest BCUT2D eigenvalue weighted by molar-refractivity contribution is -0.134. The Morgan fingerprint density at radius 2 is 1.81 bits per heavy atom. The lowest BCUT2D eigenvalue weighted by Crippen LogP contribution is -2.56. The van der Waals surface area contributed by atoms with E-state index < -0.39 is 6.04 Å². The van der Waals surface area contributed by atoms with Gasteiger partial charge in [0, 0.05) is 31.9 Å². The largest absolute Gasteiger partial charge is 0.459 e. The van der Waals surface area contributed by atoms with Crippen molar-refractivity contribution >= 4 is 17.5 Å². The molecule has 1 atom stereocenters. The molecule has 1 aromatic heterocycles. The van der Waals surface area contributed by atoms with Crippen molar-refractivity contribution in [2.45, 2.75) is 26.8 Å². The minimum absolute atomic E-state index is 0.00813. The maximum atomic E-state index is 13.0. The lowest BCUT2D eigenvalue weighted by Gasteiger charge is -2.38. The first-order chi connectivity index (χ1) is 13.0. The van der Waals surface area contributed by atoms with E-state index in [1.807, 2.05) is 18.7 Å². The molecule has 2 amide bonds. The first kappa shape index (κ1) is 19.0. The number of hydrogen-bond donors (Lipinski definition) is 1. The van der Waals surface area contributed by atoms with E-state index in [4.69, 9.17) is 4.42 Å². The van der Waals surface area contributed by atoms with Crippen LogP contribution in [-0.4, -0.2) is 48.9 Å². The third-order valence-electron chi connectivity index (χ3n) is 4.92. The van der Waals surface area contributed by atoms with Crippen LogP contribution < -0.4 is 10.2 Å². The standard InChI is InChI=1S/C21H27N3O3/c1-15(2)19(22-20(25)18-8-5-13-27-18)21(26)24-11-9-23(10-12-24)17-7-4-6-16(3)14-17/h4-8,13-15,19H,9-12H2,1-3H3,(H,22,25). The number of benzene rings is 1. The molecule has 27 heavy (non-hydrogen) atoms. The van der Waals surface area contributed by atoms with Crippen molar-refractivity contribution in [1.82, 2.24) is 10.2 Å². The summed E-state index contributed by atoms with van der Waals surface area (Å²) in [6.45, 7) is 8.82. The minimum Gasteiger partial charge on any atom is -0.459 e. The molecule has 6 nitrogen and oxygen atoms in total. The van der Waals surface area contributed by atoms with Gasteiger partial charge in [0.15, 0.2) is 5.76 Å². The molecule has 3 rings (SSSR count). The number of rotatable bonds is 5. The van der Waals surface area contributed by atoms with E-state index in [1.54, 1.807) is 12.1 Å². The lowest BCUT2D eigenvalue weighted by atomic mass is 10.0. The SMILES string of the molecule is Cc1cccc(N2CCN(C(=O)C(NC(=O)c3ccco3)C(C)C)CC2)c1. The van der Waals surface area contributed by atoms with Crippen molar-refractivity contribution in [2.75, 3.05) is 31.1 Å². The molecule has 1 unspecified atom stereocenters. The molecule has 0 saturated carbocycles. The Morgan fingerprint density at radius 1 is 1.07 bits per heavy atom. The van der Waals surface area contributed by atoms with Crippen molar-refractivity contribution in [3.05, 3.63) is 54.0 Å². The van der Waals surface area contributed by atoms with Gasteiger partial charge in [-0.15, -0.1) is 0 Å². The Labute approximate surface area is 160 Å². The summed E-state index contributed by atoms with van der Waals surface area (Å²) >= 11 is 0. The second-order valence-corrected chi connectivity index (χ2v) is 7.32. The maximum Gasteiger partial charge on any atom is 0.287 e. The third-order valence-corrected chi connectivity index (χ3v) is 4.92. The second kappa shape index (κ2) is 8.29. The predicted molar refractivity (Wildman–Crippen MR) is 105 cm³/mol. The third kappa shape index (κ3) is 4.51. The number of carbonyl (C=O) groups is 2. The highest BCUT2D eigenvalue weighted by Gasteiger charge is 2.31. The van der Waals surface area contributed by atoms with Gasteiger partial charge in [-0.25, -0.2) is 0 Å². The highest BCUT2D eigenvalue weighted by molar-refractivity contribution is 5.95. The number of nitrogens with one attached hydrogen (secondary N) is 1. The molecule has 1 fully saturated rings. The molecule has 1 N–H and O–H groups in total. The summed E-state index contributed by atoms with van der Waals surface area (Å²) in [6, 6.07) is 11.1. The van der Waals surface area contributed by atoms with Crippen molar-refractivity contribution in [2.24, 2.45) is 5.92 Å². The van der Waals surface area contributed by atoms with Crippen LogP contribution in [0.4, 0.5) is 5.69 Å². The highest BCUT2D eigenvalue weighted by atomic mass is 16.3. The van der Waals surface area contributed by atoms with Crippen LogP contribution in [0.1, 0.15) is 30.0 Å². The molecule has 1 aromatic carbocycles. The average molecular weight is 369 g/mol. The summed E-state index contributed by atoms with van der Waals surface area (Å²) in [7, 11) is 0. The van der Waals surface area contributed by atoms with E-state index in [-0.39, 0.29) is 23.5 Å². The Kier molecular flexibility index (Phi) is 5.84. The van der Waals surface area contributed by atoms with Gasteiger partial charge < -0.3 is 19.5 Å². The number of piperazine rings is 1. The molecular formula is C21H27N3O3. The number of furan rings is 1. The van der Waals surface area contributed by atoms with Crippen molar-refractivity contribution in [1.29, 1.82) is 0 Å². The van der Waals surface area contributed by atoms with Gasteiger partial charge in [0.1, 0.15) is 6.04 Å². The molecule has 6 heteroatoms. The summed E-state index contributed by atoms with van der Waals surface area (Å²) in [6.07, 6.45) is 1.45. The molecule has 0 radical (unpaired) electrons. The highest BCUT2D eigenvalue weighted by Crippen LogP contribution is 2.19. The maximum absolute atomic E-state index is 13.0. The van der Waals surface area contributed by atoms with Gasteiger partial charge >= 0.3 is 0 Å². The summed E-state index contributed by atoms with van der Waals surface area (Å²) in [4.78, 5) is 29.4. The fourth-order valence-electron chi connectivity index (χ4n) is 3.34. The molecule has 2 aromatic rings. The Bertz CT molecular complexity index is 778. The van der Waals surface area contributed by atoms with Crippen LogP contribution in [0.2, 0.25) is 0 Å². The summed E-state index contributed by atoms with van der Waals surface area (Å²) < 4.78 is 5.13. The van der Waals surface area contributed by atoms with E-state index >= 15 is 0 Å². The first-order valence-electron chi connectivity index (χ1n) is 9.40.